The number of rotatable bonds is 6. The lowest BCUT2D eigenvalue weighted by atomic mass is 9.93. The quantitative estimate of drug-likeness (QED) is 0.827. The zero-order chi connectivity index (χ0) is 16.9. The van der Waals surface area contributed by atoms with E-state index in [0.717, 1.165) is 25.8 Å². The zero-order valence-corrected chi connectivity index (χ0v) is 14.1. The molecule has 1 amide bonds. The van der Waals surface area contributed by atoms with Crippen LogP contribution < -0.4 is 10.1 Å². The van der Waals surface area contributed by atoms with Crippen molar-refractivity contribution in [1.82, 2.24) is 25.4 Å². The van der Waals surface area contributed by atoms with E-state index in [1.165, 1.54) is 11.3 Å². The van der Waals surface area contributed by atoms with E-state index in [4.69, 9.17) is 4.74 Å². The molecule has 1 aliphatic rings. The number of nitrogens with zero attached hydrogens (tertiary/aromatic N) is 3. The SMILES string of the molecule is CN(C)CCOc1cc(C(=O)NC2CCc3[nH]ncc3C2)ccn1. The Kier molecular flexibility index (Phi) is 5.10. The lowest BCUT2D eigenvalue weighted by Gasteiger charge is -2.22. The third kappa shape index (κ3) is 4.11. The molecule has 1 atom stereocenters. The third-order valence-corrected chi connectivity index (χ3v) is 4.14. The van der Waals surface area contributed by atoms with Gasteiger partial charge in [0.2, 0.25) is 5.88 Å². The van der Waals surface area contributed by atoms with Gasteiger partial charge in [-0.2, -0.15) is 5.10 Å². The van der Waals surface area contributed by atoms with Crippen molar-refractivity contribution in [3.63, 3.8) is 0 Å². The molecule has 1 aliphatic carbocycles. The summed E-state index contributed by atoms with van der Waals surface area (Å²) in [7, 11) is 3.96. The van der Waals surface area contributed by atoms with E-state index in [0.29, 0.717) is 18.1 Å². The van der Waals surface area contributed by atoms with Gasteiger partial charge in [0.1, 0.15) is 6.61 Å². The molecule has 3 rings (SSSR count). The van der Waals surface area contributed by atoms with Crippen LogP contribution in [0.2, 0.25) is 0 Å². The summed E-state index contributed by atoms with van der Waals surface area (Å²) in [5.41, 5.74) is 2.94. The molecular weight excluding hydrogens is 306 g/mol. The van der Waals surface area contributed by atoms with E-state index in [9.17, 15) is 4.79 Å². The van der Waals surface area contributed by atoms with Crippen molar-refractivity contribution in [2.75, 3.05) is 27.2 Å². The Morgan fingerprint density at radius 3 is 3.21 bits per heavy atom. The second-order valence-electron chi connectivity index (χ2n) is 6.32. The van der Waals surface area contributed by atoms with Gasteiger partial charge in [-0.15, -0.1) is 0 Å². The van der Waals surface area contributed by atoms with Crippen LogP contribution in [-0.2, 0) is 12.8 Å². The Hall–Kier alpha value is -2.41. The number of H-pyrrole nitrogens is 1. The lowest BCUT2D eigenvalue weighted by molar-refractivity contribution is 0.0933. The molecule has 2 heterocycles. The molecule has 0 saturated carbocycles. The molecular formula is C17H23N5O2. The van der Waals surface area contributed by atoms with E-state index in [2.05, 4.69) is 20.5 Å². The minimum Gasteiger partial charge on any atom is -0.476 e. The monoisotopic (exact) mass is 329 g/mol. The molecule has 1 unspecified atom stereocenters. The molecule has 0 aliphatic heterocycles. The van der Waals surface area contributed by atoms with Crippen LogP contribution in [0.5, 0.6) is 5.88 Å². The van der Waals surface area contributed by atoms with Gasteiger partial charge in [0, 0.05) is 36.1 Å². The molecule has 7 nitrogen and oxygen atoms in total. The van der Waals surface area contributed by atoms with Crippen LogP contribution in [0.4, 0.5) is 0 Å². The second-order valence-corrected chi connectivity index (χ2v) is 6.32. The summed E-state index contributed by atoms with van der Waals surface area (Å²) < 4.78 is 5.59. The Balaban J connectivity index is 1.57. The summed E-state index contributed by atoms with van der Waals surface area (Å²) in [6, 6.07) is 3.53. The number of hydrogen-bond acceptors (Lipinski definition) is 5. The van der Waals surface area contributed by atoms with Gasteiger partial charge >= 0.3 is 0 Å². The molecule has 128 valence electrons. The van der Waals surface area contributed by atoms with Gasteiger partial charge in [-0.05, 0) is 45.0 Å². The third-order valence-electron chi connectivity index (χ3n) is 4.14. The minimum absolute atomic E-state index is 0.0909. The summed E-state index contributed by atoms with van der Waals surface area (Å²) in [6.45, 7) is 1.34. The van der Waals surface area contributed by atoms with Crippen LogP contribution >= 0.6 is 0 Å². The predicted molar refractivity (Wildman–Crippen MR) is 90.2 cm³/mol. The molecule has 0 fully saturated rings. The second kappa shape index (κ2) is 7.44. The zero-order valence-electron chi connectivity index (χ0n) is 14.1. The average molecular weight is 329 g/mol. The normalized spacial score (nSPS) is 16.7. The van der Waals surface area contributed by atoms with Crippen LogP contribution in [0.15, 0.2) is 24.5 Å². The Morgan fingerprint density at radius 1 is 1.50 bits per heavy atom. The highest BCUT2D eigenvalue weighted by molar-refractivity contribution is 5.94. The molecule has 0 bridgehead atoms. The highest BCUT2D eigenvalue weighted by Crippen LogP contribution is 2.19. The van der Waals surface area contributed by atoms with Crippen LogP contribution in [0.3, 0.4) is 0 Å². The highest BCUT2D eigenvalue weighted by Gasteiger charge is 2.22. The highest BCUT2D eigenvalue weighted by atomic mass is 16.5. The summed E-state index contributed by atoms with van der Waals surface area (Å²) in [5, 5.41) is 10.2. The number of pyridine rings is 1. The van der Waals surface area contributed by atoms with Gasteiger partial charge in [0.25, 0.3) is 5.91 Å². The number of aryl methyl sites for hydroxylation is 1. The molecule has 0 aromatic carbocycles. The molecule has 0 spiro atoms. The van der Waals surface area contributed by atoms with Crippen LogP contribution in [0.1, 0.15) is 28.0 Å². The Morgan fingerprint density at radius 2 is 2.38 bits per heavy atom. The summed E-state index contributed by atoms with van der Waals surface area (Å²) in [5.74, 6) is 0.386. The largest absolute Gasteiger partial charge is 0.476 e. The van der Waals surface area contributed by atoms with Crippen molar-refractivity contribution in [3.8, 4) is 5.88 Å². The Labute approximate surface area is 141 Å². The maximum Gasteiger partial charge on any atom is 0.251 e. The van der Waals surface area contributed by atoms with Crippen molar-refractivity contribution in [1.29, 1.82) is 0 Å². The number of carbonyl (C=O) groups excluding carboxylic acids is 1. The van der Waals surface area contributed by atoms with E-state index in [1.807, 2.05) is 25.2 Å². The average Bonchev–Trinajstić information content (AvgIpc) is 3.02. The lowest BCUT2D eigenvalue weighted by Crippen LogP contribution is -2.38. The van der Waals surface area contributed by atoms with E-state index >= 15 is 0 Å². The molecule has 0 saturated heterocycles. The molecule has 2 aromatic rings. The van der Waals surface area contributed by atoms with E-state index < -0.39 is 0 Å². The first kappa shape index (κ1) is 16.4. The van der Waals surface area contributed by atoms with Crippen LogP contribution in [-0.4, -0.2) is 59.3 Å². The van der Waals surface area contributed by atoms with Crippen molar-refractivity contribution >= 4 is 5.91 Å². The fraction of sp³-hybridized carbons (Fsp3) is 0.471. The van der Waals surface area contributed by atoms with Gasteiger partial charge in [-0.1, -0.05) is 0 Å². The van der Waals surface area contributed by atoms with Gasteiger partial charge in [0.05, 0.1) is 6.20 Å². The van der Waals surface area contributed by atoms with Gasteiger partial charge in [-0.25, -0.2) is 4.98 Å². The number of hydrogen-bond donors (Lipinski definition) is 2. The number of ether oxygens (including phenoxy) is 1. The number of fused-ring (bicyclic) bond motifs is 1. The fourth-order valence-corrected chi connectivity index (χ4v) is 2.77. The van der Waals surface area contributed by atoms with Crippen molar-refractivity contribution in [2.24, 2.45) is 0 Å². The first-order chi connectivity index (χ1) is 11.6. The first-order valence-electron chi connectivity index (χ1n) is 8.17. The molecule has 2 N–H and O–H groups in total. The molecule has 7 heteroatoms. The van der Waals surface area contributed by atoms with Crippen LogP contribution in [0.25, 0.3) is 0 Å². The van der Waals surface area contributed by atoms with Crippen molar-refractivity contribution < 1.29 is 9.53 Å². The number of aromatic amines is 1. The topological polar surface area (TPSA) is 83.1 Å². The molecule has 2 aromatic heterocycles. The summed E-state index contributed by atoms with van der Waals surface area (Å²) in [4.78, 5) is 18.7. The molecule has 0 radical (unpaired) electrons. The van der Waals surface area contributed by atoms with Crippen LogP contribution in [0, 0.1) is 0 Å². The standard InChI is InChI=1S/C17H23N5O2/c1-22(2)7-8-24-16-10-12(5-6-18-16)17(23)20-14-3-4-15-13(9-14)11-19-21-15/h5-6,10-11,14H,3-4,7-9H2,1-2H3,(H,19,21)(H,20,23). The van der Waals surface area contributed by atoms with Gasteiger partial charge < -0.3 is 15.0 Å². The van der Waals surface area contributed by atoms with Gasteiger partial charge in [0.15, 0.2) is 0 Å². The smallest absolute Gasteiger partial charge is 0.251 e. The number of carbonyl (C=O) groups is 1. The van der Waals surface area contributed by atoms with Gasteiger partial charge in [-0.3, -0.25) is 9.89 Å². The Bertz CT molecular complexity index is 698. The predicted octanol–water partition coefficient (Wildman–Crippen LogP) is 1.03. The summed E-state index contributed by atoms with van der Waals surface area (Å²) >= 11 is 0. The number of nitrogens with one attached hydrogen (secondary N) is 2. The number of aromatic nitrogens is 3. The maximum absolute atomic E-state index is 12.5. The maximum atomic E-state index is 12.5. The fourth-order valence-electron chi connectivity index (χ4n) is 2.77. The molecule has 24 heavy (non-hydrogen) atoms. The van der Waals surface area contributed by atoms with E-state index in [1.54, 1.807) is 18.3 Å². The number of amides is 1. The minimum atomic E-state index is -0.0909. The van der Waals surface area contributed by atoms with E-state index in [-0.39, 0.29) is 11.9 Å². The van der Waals surface area contributed by atoms with Crippen molar-refractivity contribution in [3.05, 3.63) is 41.3 Å². The first-order valence-corrected chi connectivity index (χ1v) is 8.17. The number of likely N-dealkylation sites (N-methyl/N-ethyl adjacent to an activating group) is 1. The summed E-state index contributed by atoms with van der Waals surface area (Å²) in [6.07, 6.45) is 6.09. The van der Waals surface area contributed by atoms with Crippen molar-refractivity contribution in [2.45, 2.75) is 25.3 Å².